The molecule has 4 heteroatoms. The molecule has 1 rings (SSSR count). The molecule has 1 N–H and O–H groups in total. The molecule has 0 fully saturated rings. The summed E-state index contributed by atoms with van der Waals surface area (Å²) in [6.45, 7) is 4.31. The van der Waals surface area contributed by atoms with E-state index in [-0.39, 0.29) is 5.78 Å². The van der Waals surface area contributed by atoms with E-state index in [0.29, 0.717) is 5.56 Å². The molecule has 0 aliphatic rings. The van der Waals surface area contributed by atoms with Gasteiger partial charge in [0.2, 0.25) is 0 Å². The van der Waals surface area contributed by atoms with Crippen molar-refractivity contribution in [3.8, 4) is 0 Å². The molecule has 0 radical (unpaired) electrons. The quantitative estimate of drug-likeness (QED) is 0.456. The molecule has 4 nitrogen and oxygen atoms in total. The summed E-state index contributed by atoms with van der Waals surface area (Å²) in [4.78, 5) is 11.0. The third-order valence-electron chi connectivity index (χ3n) is 1.86. The first-order chi connectivity index (χ1) is 7.24. The van der Waals surface area contributed by atoms with E-state index in [0.717, 1.165) is 18.7 Å². The fraction of sp³-hybridized carbons (Fsp3) is 0.364. The van der Waals surface area contributed by atoms with Gasteiger partial charge in [0.15, 0.2) is 5.78 Å². The lowest BCUT2D eigenvalue weighted by atomic mass is 10.1. The van der Waals surface area contributed by atoms with Gasteiger partial charge in [-0.2, -0.15) is 5.11 Å². The van der Waals surface area contributed by atoms with Crippen LogP contribution in [0.25, 0.3) is 0 Å². The van der Waals surface area contributed by atoms with Crippen molar-refractivity contribution >= 4 is 11.5 Å². The van der Waals surface area contributed by atoms with Crippen LogP contribution in [-0.4, -0.2) is 12.3 Å². The molecule has 0 atom stereocenters. The highest BCUT2D eigenvalue weighted by molar-refractivity contribution is 5.94. The fourth-order valence-corrected chi connectivity index (χ4v) is 1.02. The fourth-order valence-electron chi connectivity index (χ4n) is 1.02. The van der Waals surface area contributed by atoms with Gasteiger partial charge in [-0.05, 0) is 37.6 Å². The minimum Gasteiger partial charge on any atom is -0.295 e. The van der Waals surface area contributed by atoms with E-state index in [9.17, 15) is 4.79 Å². The van der Waals surface area contributed by atoms with Gasteiger partial charge in [0.1, 0.15) is 0 Å². The zero-order chi connectivity index (χ0) is 11.1. The van der Waals surface area contributed by atoms with Crippen LogP contribution in [0.15, 0.2) is 34.6 Å². The molecule has 0 amide bonds. The van der Waals surface area contributed by atoms with Crippen molar-refractivity contribution in [3.05, 3.63) is 29.8 Å². The summed E-state index contributed by atoms with van der Waals surface area (Å²) >= 11 is 0. The Kier molecular flexibility index (Phi) is 4.47. The Morgan fingerprint density at radius 3 is 2.53 bits per heavy atom. The Balaban J connectivity index is 2.53. The zero-order valence-corrected chi connectivity index (χ0v) is 9.03. The molecule has 15 heavy (non-hydrogen) atoms. The third kappa shape index (κ3) is 3.89. The van der Waals surface area contributed by atoms with Crippen LogP contribution in [0, 0.1) is 0 Å². The van der Waals surface area contributed by atoms with Gasteiger partial charge in [-0.1, -0.05) is 12.1 Å². The largest absolute Gasteiger partial charge is 0.295 e. The van der Waals surface area contributed by atoms with Crippen LogP contribution in [0.4, 0.5) is 5.69 Å². The second kappa shape index (κ2) is 5.90. The summed E-state index contributed by atoms with van der Waals surface area (Å²) in [7, 11) is 0. The molecular weight excluding hydrogens is 190 g/mol. The lowest BCUT2D eigenvalue weighted by Gasteiger charge is -1.99. The molecule has 1 aromatic rings. The number of hydrogen-bond donors (Lipinski definition) is 1. The van der Waals surface area contributed by atoms with Crippen LogP contribution in [0.2, 0.25) is 0 Å². The Morgan fingerprint density at radius 1 is 1.33 bits per heavy atom. The normalized spacial score (nSPS) is 10.5. The zero-order valence-electron chi connectivity index (χ0n) is 9.03. The van der Waals surface area contributed by atoms with Gasteiger partial charge in [-0.3, -0.25) is 10.2 Å². The second-order valence-electron chi connectivity index (χ2n) is 3.21. The molecule has 0 saturated carbocycles. The number of benzene rings is 1. The molecule has 0 heterocycles. The van der Waals surface area contributed by atoms with E-state index in [1.54, 1.807) is 19.1 Å². The number of nitrogens with one attached hydrogen (secondary N) is 1. The molecular formula is C11H15N3O. The number of carbonyl (C=O) groups is 1. The summed E-state index contributed by atoms with van der Waals surface area (Å²) in [5, 5.41) is 7.69. The van der Waals surface area contributed by atoms with E-state index in [1.807, 2.05) is 19.1 Å². The maximum atomic E-state index is 11.0. The highest BCUT2D eigenvalue weighted by Gasteiger charge is 1.97. The van der Waals surface area contributed by atoms with Gasteiger partial charge in [-0.25, -0.2) is 0 Å². The second-order valence-corrected chi connectivity index (χ2v) is 3.21. The first kappa shape index (κ1) is 11.4. The van der Waals surface area contributed by atoms with Crippen LogP contribution >= 0.6 is 0 Å². The van der Waals surface area contributed by atoms with Gasteiger partial charge < -0.3 is 0 Å². The lowest BCUT2D eigenvalue weighted by Crippen LogP contribution is -1.92. The van der Waals surface area contributed by atoms with Crippen LogP contribution in [0.5, 0.6) is 0 Å². The maximum absolute atomic E-state index is 11.0. The van der Waals surface area contributed by atoms with Crippen LogP contribution in [-0.2, 0) is 0 Å². The van der Waals surface area contributed by atoms with Gasteiger partial charge in [-0.15, -0.1) is 0 Å². The number of ketones is 1. The van der Waals surface area contributed by atoms with Crippen LogP contribution in [0.1, 0.15) is 30.6 Å². The van der Waals surface area contributed by atoms with Crippen molar-refractivity contribution in [2.75, 3.05) is 12.0 Å². The predicted octanol–water partition coefficient (Wildman–Crippen LogP) is 3.08. The summed E-state index contributed by atoms with van der Waals surface area (Å²) < 4.78 is 0. The molecule has 0 aromatic heterocycles. The van der Waals surface area contributed by atoms with Gasteiger partial charge in [0.25, 0.3) is 0 Å². The highest BCUT2D eigenvalue weighted by atomic mass is 16.1. The minimum atomic E-state index is 0.0640. The standard InChI is InChI=1S/C11H15N3O/c1-3-8-12-14-13-11-6-4-10(5-7-11)9(2)15/h4-7H,3,8H2,1-2H3,(H,12,13). The molecule has 0 aliphatic carbocycles. The molecule has 0 saturated heterocycles. The first-order valence-corrected chi connectivity index (χ1v) is 4.97. The van der Waals surface area contributed by atoms with Gasteiger partial charge >= 0.3 is 0 Å². The third-order valence-corrected chi connectivity index (χ3v) is 1.86. The smallest absolute Gasteiger partial charge is 0.159 e. The highest BCUT2D eigenvalue weighted by Crippen LogP contribution is 2.09. The Labute approximate surface area is 89.4 Å². The van der Waals surface area contributed by atoms with E-state index in [1.165, 1.54) is 0 Å². The van der Waals surface area contributed by atoms with Crippen LogP contribution < -0.4 is 5.43 Å². The molecule has 80 valence electrons. The Hall–Kier alpha value is -1.71. The van der Waals surface area contributed by atoms with Gasteiger partial charge in [0, 0.05) is 5.56 Å². The topological polar surface area (TPSA) is 53.8 Å². The van der Waals surface area contributed by atoms with Crippen molar-refractivity contribution in [1.29, 1.82) is 0 Å². The summed E-state index contributed by atoms with van der Waals surface area (Å²) in [5.74, 6) is 0.0640. The first-order valence-electron chi connectivity index (χ1n) is 4.97. The number of carbonyl (C=O) groups excluding carboxylic acids is 1. The minimum absolute atomic E-state index is 0.0640. The summed E-state index contributed by atoms with van der Waals surface area (Å²) in [5.41, 5.74) is 4.33. The van der Waals surface area contributed by atoms with Crippen molar-refractivity contribution in [2.45, 2.75) is 20.3 Å². The molecule has 0 unspecified atom stereocenters. The number of nitrogens with zero attached hydrogens (tertiary/aromatic N) is 2. The van der Waals surface area contributed by atoms with E-state index < -0.39 is 0 Å². The molecule has 1 aromatic carbocycles. The van der Waals surface area contributed by atoms with Crippen molar-refractivity contribution < 1.29 is 4.79 Å². The maximum Gasteiger partial charge on any atom is 0.159 e. The molecule has 0 spiro atoms. The SMILES string of the molecule is CCCN=NNc1ccc(C(C)=O)cc1. The van der Waals surface area contributed by atoms with E-state index in [2.05, 4.69) is 15.8 Å². The average Bonchev–Trinajstić information content (AvgIpc) is 2.25. The van der Waals surface area contributed by atoms with Crippen LogP contribution in [0.3, 0.4) is 0 Å². The number of rotatable bonds is 5. The van der Waals surface area contributed by atoms with Gasteiger partial charge in [0.05, 0.1) is 12.2 Å². The lowest BCUT2D eigenvalue weighted by molar-refractivity contribution is 0.101. The average molecular weight is 205 g/mol. The van der Waals surface area contributed by atoms with E-state index >= 15 is 0 Å². The predicted molar refractivity (Wildman–Crippen MR) is 60.1 cm³/mol. The van der Waals surface area contributed by atoms with Crippen molar-refractivity contribution in [3.63, 3.8) is 0 Å². The summed E-state index contributed by atoms with van der Waals surface area (Å²) in [6.07, 6.45) is 0.981. The number of hydrogen-bond acceptors (Lipinski definition) is 3. The van der Waals surface area contributed by atoms with Crippen molar-refractivity contribution in [1.82, 2.24) is 0 Å². The molecule has 0 aliphatic heterocycles. The van der Waals surface area contributed by atoms with E-state index in [4.69, 9.17) is 0 Å². The van der Waals surface area contributed by atoms with Crippen molar-refractivity contribution in [2.24, 2.45) is 10.3 Å². The molecule has 0 bridgehead atoms. The Bertz CT molecular complexity index is 343. The Morgan fingerprint density at radius 2 is 2.00 bits per heavy atom. The number of Topliss-reactive ketones (excluding diaryl/α,β-unsaturated/α-hetero) is 1. The monoisotopic (exact) mass is 205 g/mol. The number of anilines is 1. The summed E-state index contributed by atoms with van der Waals surface area (Å²) in [6, 6.07) is 7.14.